The molecule has 1 aromatic carbocycles. The lowest BCUT2D eigenvalue weighted by Gasteiger charge is -2.16. The molecule has 2 fully saturated rings. The minimum Gasteiger partial charge on any atom is -0.381 e. The summed E-state index contributed by atoms with van der Waals surface area (Å²) in [5.41, 5.74) is 5.00. The van der Waals surface area contributed by atoms with Gasteiger partial charge in [-0.1, -0.05) is 23.5 Å². The van der Waals surface area contributed by atoms with E-state index in [1.165, 1.54) is 11.3 Å². The number of aromatic nitrogens is 2. The van der Waals surface area contributed by atoms with Gasteiger partial charge in [-0.05, 0) is 43.7 Å². The summed E-state index contributed by atoms with van der Waals surface area (Å²) in [7, 11) is 0. The van der Waals surface area contributed by atoms with Gasteiger partial charge in [0.15, 0.2) is 5.13 Å². The van der Waals surface area contributed by atoms with Gasteiger partial charge in [-0.15, -0.1) is 0 Å². The van der Waals surface area contributed by atoms with Crippen LogP contribution in [0.3, 0.4) is 0 Å². The van der Waals surface area contributed by atoms with E-state index in [9.17, 15) is 10.1 Å². The molecule has 7 nitrogen and oxygen atoms in total. The molecule has 0 spiro atoms. The number of nitriles is 1. The Morgan fingerprint density at radius 2 is 1.84 bits per heavy atom. The number of carbonyl (C=O) groups is 1. The molecule has 0 saturated carbocycles. The Labute approximate surface area is 190 Å². The third-order valence-corrected chi connectivity index (χ3v) is 7.00. The third kappa shape index (κ3) is 3.97. The van der Waals surface area contributed by atoms with E-state index < -0.39 is 0 Å². The molecular formula is C24H23N5O2S. The van der Waals surface area contributed by atoms with E-state index >= 15 is 0 Å². The van der Waals surface area contributed by atoms with Gasteiger partial charge in [0.05, 0.1) is 35.4 Å². The van der Waals surface area contributed by atoms with Gasteiger partial charge in [-0.25, -0.2) is 9.78 Å². The number of amides is 2. The number of benzene rings is 1. The van der Waals surface area contributed by atoms with Crippen molar-refractivity contribution >= 4 is 22.5 Å². The van der Waals surface area contributed by atoms with Crippen LogP contribution in [0.5, 0.6) is 0 Å². The first-order valence-electron chi connectivity index (χ1n) is 10.6. The number of carbonyl (C=O) groups excluding carboxylic acids is 1. The van der Waals surface area contributed by atoms with Gasteiger partial charge in [-0.2, -0.15) is 5.26 Å². The van der Waals surface area contributed by atoms with Crippen molar-refractivity contribution < 1.29 is 9.53 Å². The van der Waals surface area contributed by atoms with Crippen LogP contribution in [0.1, 0.15) is 17.0 Å². The molecule has 0 aliphatic carbocycles. The summed E-state index contributed by atoms with van der Waals surface area (Å²) in [5.74, 6) is 0.860. The molecular weight excluding hydrogens is 422 g/mol. The highest BCUT2D eigenvalue weighted by Crippen LogP contribution is 2.40. The fourth-order valence-electron chi connectivity index (χ4n) is 4.49. The van der Waals surface area contributed by atoms with Crippen molar-refractivity contribution in [2.24, 2.45) is 11.8 Å². The number of aryl methyl sites for hydroxylation is 2. The van der Waals surface area contributed by atoms with Gasteiger partial charge in [0.2, 0.25) is 0 Å². The van der Waals surface area contributed by atoms with Crippen molar-refractivity contribution in [3.05, 3.63) is 53.3 Å². The smallest absolute Gasteiger partial charge is 0.323 e. The Morgan fingerprint density at radius 1 is 1.12 bits per heavy atom. The largest absolute Gasteiger partial charge is 0.381 e. The minimum atomic E-state index is -0.126. The van der Waals surface area contributed by atoms with Gasteiger partial charge < -0.3 is 9.64 Å². The highest BCUT2D eigenvalue weighted by Gasteiger charge is 2.39. The molecule has 5 rings (SSSR count). The average Bonchev–Trinajstić information content (AvgIpc) is 3.48. The minimum absolute atomic E-state index is 0.126. The summed E-state index contributed by atoms with van der Waals surface area (Å²) in [6.45, 7) is 6.82. The zero-order valence-corrected chi connectivity index (χ0v) is 18.8. The standard InChI is InChI=1S/C24H23N5O2S/c1-14-6-18(7-15(2)26-14)22-21(17-5-3-4-16(8-17)9-25)27-23(32-22)28-24(30)29-10-19-12-31-13-20(19)11-29/h3-8,19-20H,10-13H2,1-2H3,(H,27,28,30)/t19-,20+. The van der Waals surface area contributed by atoms with E-state index in [0.717, 1.165) is 46.3 Å². The molecule has 4 heterocycles. The number of ether oxygens (including phenoxy) is 1. The number of urea groups is 1. The summed E-state index contributed by atoms with van der Waals surface area (Å²) >= 11 is 1.44. The molecule has 3 aromatic rings. The van der Waals surface area contributed by atoms with Crippen LogP contribution in [0, 0.1) is 37.0 Å². The van der Waals surface area contributed by atoms with Gasteiger partial charge in [0.25, 0.3) is 0 Å². The summed E-state index contributed by atoms with van der Waals surface area (Å²) in [6.07, 6.45) is 0. The first-order chi connectivity index (χ1) is 15.5. The summed E-state index contributed by atoms with van der Waals surface area (Å²) in [5, 5.41) is 12.9. The molecule has 2 atom stereocenters. The van der Waals surface area contributed by atoms with Crippen LogP contribution >= 0.6 is 11.3 Å². The lowest BCUT2D eigenvalue weighted by molar-refractivity contribution is 0.158. The maximum Gasteiger partial charge on any atom is 0.323 e. The molecule has 8 heteroatoms. The number of thiazole rings is 1. The van der Waals surface area contributed by atoms with Crippen LogP contribution in [-0.2, 0) is 4.74 Å². The predicted octanol–water partition coefficient (Wildman–Crippen LogP) is 4.47. The van der Waals surface area contributed by atoms with E-state index in [0.29, 0.717) is 35.6 Å². The molecule has 32 heavy (non-hydrogen) atoms. The lowest BCUT2D eigenvalue weighted by Crippen LogP contribution is -2.34. The molecule has 2 aliphatic heterocycles. The average molecular weight is 446 g/mol. The molecule has 2 saturated heterocycles. The van der Waals surface area contributed by atoms with Gasteiger partial charge in [0, 0.05) is 41.9 Å². The number of nitrogens with zero attached hydrogens (tertiary/aromatic N) is 4. The lowest BCUT2D eigenvalue weighted by atomic mass is 10.0. The third-order valence-electron chi connectivity index (χ3n) is 5.98. The molecule has 2 aromatic heterocycles. The van der Waals surface area contributed by atoms with Crippen LogP contribution in [0.2, 0.25) is 0 Å². The van der Waals surface area contributed by atoms with Crippen molar-refractivity contribution in [2.45, 2.75) is 13.8 Å². The number of anilines is 1. The number of nitrogens with one attached hydrogen (secondary N) is 1. The van der Waals surface area contributed by atoms with Gasteiger partial charge in [-0.3, -0.25) is 10.3 Å². The van der Waals surface area contributed by atoms with Gasteiger partial charge >= 0.3 is 6.03 Å². The second-order valence-electron chi connectivity index (χ2n) is 8.42. The van der Waals surface area contributed by atoms with E-state index in [-0.39, 0.29) is 6.03 Å². The molecule has 0 radical (unpaired) electrons. The van der Waals surface area contributed by atoms with Crippen molar-refractivity contribution in [1.29, 1.82) is 5.26 Å². The number of pyridine rings is 1. The molecule has 0 unspecified atom stereocenters. The number of fused-ring (bicyclic) bond motifs is 1. The molecule has 2 amide bonds. The van der Waals surface area contributed by atoms with Crippen LogP contribution in [-0.4, -0.2) is 47.2 Å². The van der Waals surface area contributed by atoms with Crippen molar-refractivity contribution in [2.75, 3.05) is 31.6 Å². The van der Waals surface area contributed by atoms with E-state index in [2.05, 4.69) is 16.4 Å². The zero-order valence-electron chi connectivity index (χ0n) is 18.0. The topological polar surface area (TPSA) is 91.1 Å². The summed E-state index contributed by atoms with van der Waals surface area (Å²) in [6, 6.07) is 13.5. The monoisotopic (exact) mass is 445 g/mol. The van der Waals surface area contributed by atoms with E-state index in [1.807, 2.05) is 49.1 Å². The maximum atomic E-state index is 12.9. The Balaban J connectivity index is 1.49. The Hall–Kier alpha value is -3.28. The van der Waals surface area contributed by atoms with Crippen LogP contribution < -0.4 is 5.32 Å². The van der Waals surface area contributed by atoms with Crippen molar-refractivity contribution in [1.82, 2.24) is 14.9 Å². The highest BCUT2D eigenvalue weighted by atomic mass is 32.1. The second kappa shape index (κ2) is 8.34. The SMILES string of the molecule is Cc1cc(-c2sc(NC(=O)N3C[C@H]4COC[C@H]4C3)nc2-c2cccc(C#N)c2)cc(C)n1. The number of likely N-dealkylation sites (tertiary alicyclic amines) is 1. The highest BCUT2D eigenvalue weighted by molar-refractivity contribution is 7.19. The van der Waals surface area contributed by atoms with E-state index in [4.69, 9.17) is 9.72 Å². The Kier molecular flexibility index (Phi) is 5.37. The number of hydrogen-bond donors (Lipinski definition) is 1. The van der Waals surface area contributed by atoms with Gasteiger partial charge in [0.1, 0.15) is 0 Å². The first-order valence-corrected chi connectivity index (χ1v) is 11.4. The summed E-state index contributed by atoms with van der Waals surface area (Å²) in [4.78, 5) is 25.0. The number of rotatable bonds is 3. The number of hydrogen-bond acceptors (Lipinski definition) is 6. The fourth-order valence-corrected chi connectivity index (χ4v) is 5.45. The Bertz CT molecular complexity index is 1200. The van der Waals surface area contributed by atoms with Crippen LogP contribution in [0.15, 0.2) is 36.4 Å². The normalized spacial score (nSPS) is 19.6. The Morgan fingerprint density at radius 3 is 2.53 bits per heavy atom. The van der Waals surface area contributed by atoms with Crippen LogP contribution in [0.4, 0.5) is 9.93 Å². The first kappa shape index (κ1) is 20.6. The zero-order chi connectivity index (χ0) is 22.2. The summed E-state index contributed by atoms with van der Waals surface area (Å²) < 4.78 is 5.52. The predicted molar refractivity (Wildman–Crippen MR) is 123 cm³/mol. The second-order valence-corrected chi connectivity index (χ2v) is 9.42. The molecule has 162 valence electrons. The maximum absolute atomic E-state index is 12.9. The van der Waals surface area contributed by atoms with Crippen molar-refractivity contribution in [3.63, 3.8) is 0 Å². The van der Waals surface area contributed by atoms with E-state index in [1.54, 1.807) is 6.07 Å². The molecule has 2 aliphatic rings. The quantitative estimate of drug-likeness (QED) is 0.642. The van der Waals surface area contributed by atoms with Crippen LogP contribution in [0.25, 0.3) is 21.7 Å². The molecule has 0 bridgehead atoms. The van der Waals surface area contributed by atoms with Crippen molar-refractivity contribution in [3.8, 4) is 27.8 Å². The fraction of sp³-hybridized carbons (Fsp3) is 0.333. The molecule has 1 N–H and O–H groups in total.